The predicted octanol–water partition coefficient (Wildman–Crippen LogP) is 4.80. The van der Waals surface area contributed by atoms with Crippen LogP contribution in [0.1, 0.15) is 37.8 Å². The Bertz CT molecular complexity index is 1130. The van der Waals surface area contributed by atoms with Crippen molar-refractivity contribution in [1.82, 2.24) is 20.0 Å². The number of benzene rings is 2. The number of nitrogens with zero attached hydrogens (tertiary/aromatic N) is 3. The molecule has 0 radical (unpaired) electrons. The third-order valence-corrected chi connectivity index (χ3v) is 8.30. The number of piperidine rings is 1. The van der Waals surface area contributed by atoms with Crippen molar-refractivity contribution < 1.29 is 19.1 Å². The van der Waals surface area contributed by atoms with E-state index in [1.807, 2.05) is 58.3 Å². The summed E-state index contributed by atoms with van der Waals surface area (Å²) in [7, 11) is 0. The van der Waals surface area contributed by atoms with Gasteiger partial charge in [-0.2, -0.15) is 0 Å². The van der Waals surface area contributed by atoms with Gasteiger partial charge in [-0.25, -0.2) is 9.59 Å². The summed E-state index contributed by atoms with van der Waals surface area (Å²) in [6, 6.07) is 15.8. The predicted molar refractivity (Wildman–Crippen MR) is 151 cm³/mol. The van der Waals surface area contributed by atoms with E-state index in [-0.39, 0.29) is 18.2 Å². The molecular weight excluding hydrogens is 516 g/mol. The van der Waals surface area contributed by atoms with Crippen LogP contribution in [0.3, 0.4) is 0 Å². The van der Waals surface area contributed by atoms with E-state index < -0.39 is 5.60 Å². The lowest BCUT2D eigenvalue weighted by Crippen LogP contribution is -2.54. The quantitative estimate of drug-likeness (QED) is 0.457. The maximum absolute atomic E-state index is 13.4. The second kappa shape index (κ2) is 12.0. The van der Waals surface area contributed by atoms with E-state index in [9.17, 15) is 9.59 Å². The largest absolute Gasteiger partial charge is 0.493 e. The summed E-state index contributed by atoms with van der Waals surface area (Å²) >= 11 is 6.15. The number of hydrogen-bond acceptors (Lipinski definition) is 5. The number of amides is 3. The number of nitrogens with one attached hydrogen (secondary N) is 1. The standard InChI is InChI=1S/C30H39ClN4O4/c1-22(2)21-38-26-9-5-24(6-10-26)20-35-27(19-23-3-7-25(31)8-4-23)30(39-29(35)37)11-14-33(15-12-30)17-18-34-16-13-32-28(34)36/h3-10,22,27H,11-21H2,1-2H3,(H,32,36). The summed E-state index contributed by atoms with van der Waals surface area (Å²) in [5.74, 6) is 1.30. The van der Waals surface area contributed by atoms with Gasteiger partial charge in [-0.05, 0) is 47.7 Å². The van der Waals surface area contributed by atoms with Gasteiger partial charge >= 0.3 is 12.1 Å². The minimum absolute atomic E-state index is 0.0198. The van der Waals surface area contributed by atoms with Gasteiger partial charge in [0.05, 0.1) is 12.6 Å². The van der Waals surface area contributed by atoms with E-state index in [0.29, 0.717) is 37.1 Å². The van der Waals surface area contributed by atoms with Crippen LogP contribution in [-0.4, -0.2) is 84.3 Å². The van der Waals surface area contributed by atoms with Crippen LogP contribution in [0.25, 0.3) is 0 Å². The van der Waals surface area contributed by atoms with Crippen molar-refractivity contribution in [2.75, 3.05) is 45.9 Å². The molecule has 5 rings (SSSR count). The molecule has 1 atom stereocenters. The molecule has 9 heteroatoms. The van der Waals surface area contributed by atoms with Gasteiger partial charge < -0.3 is 24.6 Å². The molecule has 1 unspecified atom stereocenters. The summed E-state index contributed by atoms with van der Waals surface area (Å²) < 4.78 is 12.1. The van der Waals surface area contributed by atoms with E-state index in [4.69, 9.17) is 21.1 Å². The summed E-state index contributed by atoms with van der Waals surface area (Å²) in [6.07, 6.45) is 1.98. The SMILES string of the molecule is CC(C)COc1ccc(CN2C(=O)OC3(CCN(CCN4CCNC4=O)CC3)C2Cc2ccc(Cl)cc2)cc1. The third kappa shape index (κ3) is 6.61. The minimum atomic E-state index is -0.543. The van der Waals surface area contributed by atoms with Crippen LogP contribution in [0.2, 0.25) is 5.02 Å². The van der Waals surface area contributed by atoms with Crippen LogP contribution in [0.5, 0.6) is 5.75 Å². The molecule has 0 saturated carbocycles. The first-order chi connectivity index (χ1) is 18.8. The molecule has 39 heavy (non-hydrogen) atoms. The Kier molecular flexibility index (Phi) is 8.52. The van der Waals surface area contributed by atoms with Crippen LogP contribution in [0.15, 0.2) is 48.5 Å². The molecule has 3 amide bonds. The van der Waals surface area contributed by atoms with Crippen molar-refractivity contribution in [3.05, 3.63) is 64.7 Å². The van der Waals surface area contributed by atoms with Gasteiger partial charge in [-0.3, -0.25) is 4.90 Å². The molecule has 0 aromatic heterocycles. The number of carbonyl (C=O) groups is 2. The maximum Gasteiger partial charge on any atom is 0.411 e. The van der Waals surface area contributed by atoms with Gasteiger partial charge in [0, 0.05) is 63.7 Å². The number of rotatable bonds is 10. The lowest BCUT2D eigenvalue weighted by atomic mass is 9.81. The Balaban J connectivity index is 1.28. The summed E-state index contributed by atoms with van der Waals surface area (Å²) in [4.78, 5) is 31.4. The van der Waals surface area contributed by atoms with Crippen molar-refractivity contribution in [1.29, 1.82) is 0 Å². The number of hydrogen-bond donors (Lipinski definition) is 1. The van der Waals surface area contributed by atoms with Gasteiger partial charge in [-0.15, -0.1) is 0 Å². The van der Waals surface area contributed by atoms with Gasteiger partial charge in [0.1, 0.15) is 11.4 Å². The molecule has 3 fully saturated rings. The second-order valence-electron chi connectivity index (χ2n) is 11.3. The van der Waals surface area contributed by atoms with Crippen molar-refractivity contribution in [3.63, 3.8) is 0 Å². The normalized spacial score (nSPS) is 21.1. The molecule has 2 aromatic rings. The van der Waals surface area contributed by atoms with Gasteiger partial charge in [0.25, 0.3) is 0 Å². The molecule has 3 aliphatic heterocycles. The highest BCUT2D eigenvalue weighted by atomic mass is 35.5. The number of carbonyl (C=O) groups excluding carboxylic acids is 2. The molecule has 2 aromatic carbocycles. The fraction of sp³-hybridized carbons (Fsp3) is 0.533. The molecule has 0 bridgehead atoms. The van der Waals surface area contributed by atoms with E-state index in [1.165, 1.54) is 0 Å². The molecule has 3 heterocycles. The van der Waals surface area contributed by atoms with Crippen molar-refractivity contribution in [2.45, 2.75) is 51.3 Å². The molecule has 0 aliphatic carbocycles. The van der Waals surface area contributed by atoms with Crippen LogP contribution < -0.4 is 10.1 Å². The molecular formula is C30H39ClN4O4. The highest BCUT2D eigenvalue weighted by Gasteiger charge is 2.54. The van der Waals surface area contributed by atoms with Crippen molar-refractivity contribution in [2.24, 2.45) is 5.92 Å². The average molecular weight is 555 g/mol. The fourth-order valence-electron chi connectivity index (χ4n) is 5.75. The summed E-state index contributed by atoms with van der Waals surface area (Å²) in [5.41, 5.74) is 1.63. The number of urea groups is 1. The van der Waals surface area contributed by atoms with Crippen LogP contribution >= 0.6 is 11.6 Å². The zero-order chi connectivity index (χ0) is 27.4. The lowest BCUT2D eigenvalue weighted by molar-refractivity contribution is -0.0224. The van der Waals surface area contributed by atoms with Crippen molar-refractivity contribution >= 4 is 23.7 Å². The first-order valence-corrected chi connectivity index (χ1v) is 14.4. The Morgan fingerprint density at radius 2 is 1.69 bits per heavy atom. The summed E-state index contributed by atoms with van der Waals surface area (Å²) in [6.45, 7) is 10.1. The lowest BCUT2D eigenvalue weighted by Gasteiger charge is -2.42. The highest BCUT2D eigenvalue weighted by molar-refractivity contribution is 6.30. The Labute approximate surface area is 236 Å². The second-order valence-corrected chi connectivity index (χ2v) is 11.8. The molecule has 1 N–H and O–H groups in total. The molecule has 3 saturated heterocycles. The van der Waals surface area contributed by atoms with Crippen molar-refractivity contribution in [3.8, 4) is 5.75 Å². The number of ether oxygens (including phenoxy) is 2. The molecule has 1 spiro atoms. The highest BCUT2D eigenvalue weighted by Crippen LogP contribution is 2.41. The van der Waals surface area contributed by atoms with E-state index >= 15 is 0 Å². The zero-order valence-electron chi connectivity index (χ0n) is 22.9. The van der Waals surface area contributed by atoms with Crippen LogP contribution in [-0.2, 0) is 17.7 Å². The molecule has 3 aliphatic rings. The number of likely N-dealkylation sites (tertiary alicyclic amines) is 1. The average Bonchev–Trinajstić information content (AvgIpc) is 3.44. The van der Waals surface area contributed by atoms with E-state index in [1.54, 1.807) is 0 Å². The Morgan fingerprint density at radius 1 is 1.00 bits per heavy atom. The molecule has 8 nitrogen and oxygen atoms in total. The topological polar surface area (TPSA) is 74.3 Å². The minimum Gasteiger partial charge on any atom is -0.493 e. The Morgan fingerprint density at radius 3 is 2.33 bits per heavy atom. The van der Waals surface area contributed by atoms with E-state index in [0.717, 1.165) is 62.4 Å². The van der Waals surface area contributed by atoms with Gasteiger partial charge in [0.2, 0.25) is 0 Å². The first kappa shape index (κ1) is 27.6. The fourth-order valence-corrected chi connectivity index (χ4v) is 5.88. The zero-order valence-corrected chi connectivity index (χ0v) is 23.7. The summed E-state index contributed by atoms with van der Waals surface area (Å²) in [5, 5.41) is 3.56. The van der Waals surface area contributed by atoms with Crippen LogP contribution in [0, 0.1) is 5.92 Å². The first-order valence-electron chi connectivity index (χ1n) is 14.0. The van der Waals surface area contributed by atoms with Gasteiger partial charge in [-0.1, -0.05) is 49.7 Å². The van der Waals surface area contributed by atoms with E-state index in [2.05, 4.69) is 24.1 Å². The van der Waals surface area contributed by atoms with Gasteiger partial charge in [0.15, 0.2) is 0 Å². The Hall–Kier alpha value is -2.97. The monoisotopic (exact) mass is 554 g/mol. The third-order valence-electron chi connectivity index (χ3n) is 8.04. The smallest absolute Gasteiger partial charge is 0.411 e. The number of halogens is 1. The van der Waals surface area contributed by atoms with Crippen LogP contribution in [0.4, 0.5) is 9.59 Å². The molecule has 210 valence electrons. The maximum atomic E-state index is 13.4.